The summed E-state index contributed by atoms with van der Waals surface area (Å²) in [7, 11) is 1.59. The van der Waals surface area contributed by atoms with Crippen molar-refractivity contribution in [2.45, 2.75) is 50.0 Å². The summed E-state index contributed by atoms with van der Waals surface area (Å²) in [5, 5.41) is 2.95. The molecule has 1 aliphatic rings. The second-order valence-corrected chi connectivity index (χ2v) is 8.02. The lowest BCUT2D eigenvalue weighted by atomic mass is 9.78. The summed E-state index contributed by atoms with van der Waals surface area (Å²) in [6.07, 6.45) is 3.55. The Bertz CT molecular complexity index is 636. The van der Waals surface area contributed by atoms with Gasteiger partial charge in [-0.05, 0) is 50.3 Å². The molecule has 1 N–H and O–H groups in total. The number of hydrogen-bond donors (Lipinski definition) is 1. The second-order valence-electron chi connectivity index (χ2n) is 5.48. The zero-order chi connectivity index (χ0) is 15.0. The van der Waals surface area contributed by atoms with Gasteiger partial charge in [0.1, 0.15) is 0 Å². The molecular formula is C14H18ClNO3S. The monoisotopic (exact) mass is 315 g/mol. The molecule has 0 saturated heterocycles. The average Bonchev–Trinajstić information content (AvgIpc) is 2.35. The molecule has 0 unspecified atom stereocenters. The first-order chi connectivity index (χ1) is 9.25. The van der Waals surface area contributed by atoms with Crippen molar-refractivity contribution in [2.24, 2.45) is 0 Å². The Balaban J connectivity index is 2.31. The largest absolute Gasteiger partial charge is 0.347 e. The lowest BCUT2D eigenvalue weighted by molar-refractivity contribution is 0.0850. The highest BCUT2D eigenvalue weighted by Crippen LogP contribution is 2.31. The minimum Gasteiger partial charge on any atom is -0.347 e. The molecule has 1 aromatic carbocycles. The van der Waals surface area contributed by atoms with E-state index in [2.05, 4.69) is 5.32 Å². The molecule has 0 bridgehead atoms. The lowest BCUT2D eigenvalue weighted by Crippen LogP contribution is -2.50. The minimum atomic E-state index is -3.84. The molecule has 0 aromatic heterocycles. The average molecular weight is 316 g/mol. The first kappa shape index (κ1) is 15.3. The van der Waals surface area contributed by atoms with Gasteiger partial charge in [0.2, 0.25) is 0 Å². The number of nitrogens with one attached hydrogen (secondary N) is 1. The molecule has 1 saturated carbocycles. The van der Waals surface area contributed by atoms with Crippen LogP contribution in [0.5, 0.6) is 0 Å². The molecule has 20 heavy (non-hydrogen) atoms. The molecule has 0 spiro atoms. The third kappa shape index (κ3) is 3.15. The van der Waals surface area contributed by atoms with E-state index in [1.54, 1.807) is 12.1 Å². The summed E-state index contributed by atoms with van der Waals surface area (Å²) in [5.41, 5.74) is 0.779. The van der Waals surface area contributed by atoms with E-state index >= 15 is 0 Å². The molecule has 0 aliphatic heterocycles. The molecule has 1 aliphatic carbocycles. The Morgan fingerprint density at radius 1 is 1.40 bits per heavy atom. The van der Waals surface area contributed by atoms with Gasteiger partial charge in [-0.2, -0.15) is 0 Å². The topological polar surface area (TPSA) is 63.2 Å². The van der Waals surface area contributed by atoms with Gasteiger partial charge in [0.25, 0.3) is 15.0 Å². The summed E-state index contributed by atoms with van der Waals surface area (Å²) in [4.78, 5) is 12.2. The summed E-state index contributed by atoms with van der Waals surface area (Å²) in [6.45, 7) is 3.84. The quantitative estimate of drug-likeness (QED) is 0.869. The number of aryl methyl sites for hydroxylation is 1. The van der Waals surface area contributed by atoms with Crippen LogP contribution < -0.4 is 5.32 Å². The van der Waals surface area contributed by atoms with E-state index in [1.165, 1.54) is 6.07 Å². The Labute approximate surface area is 123 Å². The molecule has 4 nitrogen and oxygen atoms in total. The highest BCUT2D eigenvalue weighted by molar-refractivity contribution is 8.13. The van der Waals surface area contributed by atoms with E-state index in [9.17, 15) is 13.2 Å². The fourth-order valence-corrected chi connectivity index (χ4v) is 3.62. The highest BCUT2D eigenvalue weighted by Gasteiger charge is 2.33. The van der Waals surface area contributed by atoms with Crippen molar-refractivity contribution in [2.75, 3.05) is 0 Å². The lowest BCUT2D eigenvalue weighted by Gasteiger charge is -2.39. The van der Waals surface area contributed by atoms with E-state index in [4.69, 9.17) is 10.7 Å². The predicted octanol–water partition coefficient (Wildman–Crippen LogP) is 2.85. The third-order valence-corrected chi connectivity index (χ3v) is 5.25. The van der Waals surface area contributed by atoms with Crippen LogP contribution in [0.25, 0.3) is 0 Å². The molecule has 1 aromatic rings. The van der Waals surface area contributed by atoms with Crippen LogP contribution in [0, 0.1) is 0 Å². The first-order valence-corrected chi connectivity index (χ1v) is 8.96. The van der Waals surface area contributed by atoms with E-state index in [0.29, 0.717) is 17.5 Å². The predicted molar refractivity (Wildman–Crippen MR) is 78.6 cm³/mol. The van der Waals surface area contributed by atoms with Gasteiger partial charge in [-0.3, -0.25) is 4.79 Å². The van der Waals surface area contributed by atoms with E-state index in [0.717, 1.165) is 19.3 Å². The third-order valence-electron chi connectivity index (χ3n) is 3.85. The van der Waals surface area contributed by atoms with Crippen LogP contribution in [0.1, 0.15) is 49.0 Å². The number of rotatable bonds is 4. The number of hydrogen-bond acceptors (Lipinski definition) is 3. The normalized spacial score (nSPS) is 17.4. The zero-order valence-corrected chi connectivity index (χ0v) is 13.1. The van der Waals surface area contributed by atoms with Crippen molar-refractivity contribution in [3.8, 4) is 0 Å². The molecule has 1 amide bonds. The van der Waals surface area contributed by atoms with Gasteiger partial charge in [0.05, 0.1) is 4.90 Å². The molecule has 0 heterocycles. The summed E-state index contributed by atoms with van der Waals surface area (Å²) < 4.78 is 23.1. The summed E-state index contributed by atoms with van der Waals surface area (Å²) >= 11 is 0. The Hall–Kier alpha value is -1.07. The molecule has 0 atom stereocenters. The van der Waals surface area contributed by atoms with Gasteiger partial charge in [-0.25, -0.2) is 8.42 Å². The summed E-state index contributed by atoms with van der Waals surface area (Å²) in [6, 6.07) is 4.65. The molecule has 0 radical (unpaired) electrons. The van der Waals surface area contributed by atoms with Crippen molar-refractivity contribution in [3.63, 3.8) is 0 Å². The van der Waals surface area contributed by atoms with Gasteiger partial charge in [0.15, 0.2) is 0 Å². The van der Waals surface area contributed by atoms with Crippen molar-refractivity contribution >= 4 is 25.6 Å². The Kier molecular flexibility index (Phi) is 4.12. The van der Waals surface area contributed by atoms with Gasteiger partial charge >= 0.3 is 0 Å². The van der Waals surface area contributed by atoms with Crippen LogP contribution in [0.2, 0.25) is 0 Å². The van der Waals surface area contributed by atoms with Crippen LogP contribution in [0.3, 0.4) is 0 Å². The number of benzene rings is 1. The van der Waals surface area contributed by atoms with Crippen LogP contribution >= 0.6 is 10.7 Å². The molecule has 110 valence electrons. The second kappa shape index (κ2) is 5.37. The molecule has 2 rings (SSSR count). The number of amides is 1. The number of carbonyl (C=O) groups is 1. The molecule has 6 heteroatoms. The maximum Gasteiger partial charge on any atom is 0.261 e. The smallest absolute Gasteiger partial charge is 0.261 e. The minimum absolute atomic E-state index is 0.0214. The molecule has 1 fully saturated rings. The Morgan fingerprint density at radius 3 is 2.50 bits per heavy atom. The van der Waals surface area contributed by atoms with E-state index < -0.39 is 9.05 Å². The van der Waals surface area contributed by atoms with Crippen LogP contribution in [0.4, 0.5) is 0 Å². The van der Waals surface area contributed by atoms with Crippen molar-refractivity contribution < 1.29 is 13.2 Å². The van der Waals surface area contributed by atoms with Crippen molar-refractivity contribution in [1.82, 2.24) is 5.32 Å². The maximum absolute atomic E-state index is 12.2. The zero-order valence-electron chi connectivity index (χ0n) is 11.6. The van der Waals surface area contributed by atoms with Gasteiger partial charge in [-0.15, -0.1) is 0 Å². The van der Waals surface area contributed by atoms with Crippen molar-refractivity contribution in [3.05, 3.63) is 29.3 Å². The Morgan fingerprint density at radius 2 is 2.05 bits per heavy atom. The van der Waals surface area contributed by atoms with Gasteiger partial charge in [0, 0.05) is 21.8 Å². The van der Waals surface area contributed by atoms with E-state index in [-0.39, 0.29) is 16.3 Å². The van der Waals surface area contributed by atoms with Gasteiger partial charge in [-0.1, -0.05) is 13.0 Å². The maximum atomic E-state index is 12.2. The van der Waals surface area contributed by atoms with Crippen LogP contribution in [-0.2, 0) is 15.5 Å². The van der Waals surface area contributed by atoms with E-state index in [1.807, 2.05) is 13.8 Å². The number of carbonyl (C=O) groups excluding carboxylic acids is 1. The number of halogens is 1. The SMILES string of the molecule is CCc1ccc(C(=O)NC2(C)CCC2)cc1S(=O)(=O)Cl. The first-order valence-electron chi connectivity index (χ1n) is 6.65. The van der Waals surface area contributed by atoms with Crippen molar-refractivity contribution in [1.29, 1.82) is 0 Å². The summed E-state index contributed by atoms with van der Waals surface area (Å²) in [5.74, 6) is -0.253. The molecular weight excluding hydrogens is 298 g/mol. The van der Waals surface area contributed by atoms with Crippen LogP contribution in [-0.4, -0.2) is 19.9 Å². The fraction of sp³-hybridized carbons (Fsp3) is 0.500. The fourth-order valence-electron chi connectivity index (χ4n) is 2.39. The van der Waals surface area contributed by atoms with Crippen LogP contribution in [0.15, 0.2) is 23.1 Å². The standard InChI is InChI=1S/C14H18ClNO3S/c1-3-10-5-6-11(9-12(10)20(15,18)19)13(17)16-14(2)7-4-8-14/h5-6,9H,3-4,7-8H2,1-2H3,(H,16,17). The highest BCUT2D eigenvalue weighted by atomic mass is 35.7. The van der Waals surface area contributed by atoms with Gasteiger partial charge < -0.3 is 5.32 Å².